The molecule has 4 rings (SSSR count). The fourth-order valence-electron chi connectivity index (χ4n) is 4.94. The fraction of sp³-hybridized carbons (Fsp3) is 0.310. The van der Waals surface area contributed by atoms with E-state index >= 15 is 0 Å². The van der Waals surface area contributed by atoms with E-state index in [4.69, 9.17) is 24.4 Å². The standard InChI is InChI=1S/C29H32N2S2/c1-30(2)27(32)21-26(22-13-6-3-7-14-22)25-19-12-20-31(29(25)33)28(23-15-8-4-9-16-23)24-17-10-5-11-18-24/h3-11,13-18,25-26,28H,12,19-21H2,1-2H3/t25-,26-/m1/s1. The van der Waals surface area contributed by atoms with Crippen LogP contribution in [0.4, 0.5) is 0 Å². The summed E-state index contributed by atoms with van der Waals surface area (Å²) >= 11 is 12.1. The van der Waals surface area contributed by atoms with Gasteiger partial charge in [-0.2, -0.15) is 0 Å². The fourth-order valence-corrected chi connectivity index (χ4v) is 5.60. The van der Waals surface area contributed by atoms with Crippen molar-refractivity contribution in [3.63, 3.8) is 0 Å². The highest BCUT2D eigenvalue weighted by molar-refractivity contribution is 7.80. The number of nitrogens with zero attached hydrogens (tertiary/aromatic N) is 2. The molecule has 3 aromatic carbocycles. The van der Waals surface area contributed by atoms with Crippen molar-refractivity contribution in [2.45, 2.75) is 31.2 Å². The van der Waals surface area contributed by atoms with Gasteiger partial charge in [-0.05, 0) is 35.4 Å². The summed E-state index contributed by atoms with van der Waals surface area (Å²) in [6, 6.07) is 32.5. The summed E-state index contributed by atoms with van der Waals surface area (Å²) in [5.74, 6) is 0.563. The summed E-state index contributed by atoms with van der Waals surface area (Å²) < 4.78 is 0. The Morgan fingerprint density at radius 3 is 1.82 bits per heavy atom. The van der Waals surface area contributed by atoms with E-state index in [0.29, 0.717) is 0 Å². The number of hydrogen-bond donors (Lipinski definition) is 0. The van der Waals surface area contributed by atoms with Gasteiger partial charge in [0.1, 0.15) is 0 Å². The van der Waals surface area contributed by atoms with Crippen LogP contribution in [0.15, 0.2) is 91.0 Å². The molecule has 1 saturated heterocycles. The van der Waals surface area contributed by atoms with Gasteiger partial charge in [-0.15, -0.1) is 0 Å². The molecular weight excluding hydrogens is 440 g/mol. The first-order valence-electron chi connectivity index (χ1n) is 11.7. The molecule has 4 heteroatoms. The van der Waals surface area contributed by atoms with Crippen LogP contribution in [0.1, 0.15) is 47.9 Å². The Kier molecular flexibility index (Phi) is 7.89. The summed E-state index contributed by atoms with van der Waals surface area (Å²) in [4.78, 5) is 6.58. The SMILES string of the molecule is CN(C)C(=S)C[C@H](c1ccccc1)[C@H]1CCCN(C(c2ccccc2)c2ccccc2)C1=S. The zero-order valence-corrected chi connectivity index (χ0v) is 21.1. The van der Waals surface area contributed by atoms with Gasteiger partial charge in [-0.3, -0.25) is 0 Å². The molecule has 0 aliphatic carbocycles. The maximum absolute atomic E-state index is 6.29. The number of benzene rings is 3. The smallest absolute Gasteiger partial charge is 0.0824 e. The molecule has 0 spiro atoms. The second kappa shape index (κ2) is 11.0. The Bertz CT molecular complexity index is 1010. The third-order valence-electron chi connectivity index (χ3n) is 6.66. The normalized spacial score (nSPS) is 17.1. The Hall–Kier alpha value is -2.56. The second-order valence-corrected chi connectivity index (χ2v) is 9.90. The Labute approximate surface area is 209 Å². The van der Waals surface area contributed by atoms with Crippen molar-refractivity contribution in [2.75, 3.05) is 20.6 Å². The lowest BCUT2D eigenvalue weighted by Crippen LogP contribution is -2.45. The molecule has 0 aromatic heterocycles. The molecule has 1 fully saturated rings. The van der Waals surface area contributed by atoms with Crippen LogP contribution in [0.2, 0.25) is 0 Å². The van der Waals surface area contributed by atoms with E-state index in [9.17, 15) is 0 Å². The summed E-state index contributed by atoms with van der Waals surface area (Å²) in [5.41, 5.74) is 3.89. The number of piperidine rings is 1. The van der Waals surface area contributed by atoms with Gasteiger partial charge in [0.2, 0.25) is 0 Å². The highest BCUT2D eigenvalue weighted by Crippen LogP contribution is 2.40. The van der Waals surface area contributed by atoms with Gasteiger partial charge in [0.15, 0.2) is 0 Å². The predicted octanol–water partition coefficient (Wildman–Crippen LogP) is 6.88. The molecule has 1 aliphatic rings. The van der Waals surface area contributed by atoms with Crippen LogP contribution in [0.3, 0.4) is 0 Å². The number of rotatable bonds is 7. The topological polar surface area (TPSA) is 6.48 Å². The minimum Gasteiger partial charge on any atom is -0.372 e. The first kappa shape index (κ1) is 23.6. The highest BCUT2D eigenvalue weighted by Gasteiger charge is 2.37. The lowest BCUT2D eigenvalue weighted by molar-refractivity contribution is 0.280. The average molecular weight is 473 g/mol. The van der Waals surface area contributed by atoms with Crippen LogP contribution in [0, 0.1) is 5.92 Å². The van der Waals surface area contributed by atoms with E-state index in [1.807, 2.05) is 14.1 Å². The van der Waals surface area contributed by atoms with Crippen molar-refractivity contribution in [3.05, 3.63) is 108 Å². The lowest BCUT2D eigenvalue weighted by atomic mass is 9.78. The van der Waals surface area contributed by atoms with Crippen LogP contribution >= 0.6 is 24.4 Å². The van der Waals surface area contributed by atoms with Gasteiger partial charge in [0.05, 0.1) is 16.0 Å². The van der Waals surface area contributed by atoms with Crippen molar-refractivity contribution in [1.29, 1.82) is 0 Å². The van der Waals surface area contributed by atoms with Gasteiger partial charge in [-0.25, -0.2) is 0 Å². The van der Waals surface area contributed by atoms with E-state index in [1.54, 1.807) is 0 Å². The lowest BCUT2D eigenvalue weighted by Gasteiger charge is -2.43. The molecule has 33 heavy (non-hydrogen) atoms. The Balaban J connectivity index is 1.71. The average Bonchev–Trinajstić information content (AvgIpc) is 2.86. The monoisotopic (exact) mass is 472 g/mol. The summed E-state index contributed by atoms with van der Waals surface area (Å²) in [6.07, 6.45) is 3.06. The van der Waals surface area contributed by atoms with Gasteiger partial charge >= 0.3 is 0 Å². The van der Waals surface area contributed by atoms with Gasteiger partial charge in [0.25, 0.3) is 0 Å². The molecule has 2 nitrogen and oxygen atoms in total. The molecule has 0 amide bonds. The van der Waals surface area contributed by atoms with Crippen LogP contribution in [0.25, 0.3) is 0 Å². The number of hydrogen-bond acceptors (Lipinski definition) is 2. The van der Waals surface area contributed by atoms with E-state index in [2.05, 4.69) is 101 Å². The Morgan fingerprint density at radius 1 is 0.848 bits per heavy atom. The van der Waals surface area contributed by atoms with Gasteiger partial charge in [0, 0.05) is 33.0 Å². The summed E-state index contributed by atoms with van der Waals surface area (Å²) in [6.45, 7) is 0.976. The van der Waals surface area contributed by atoms with E-state index in [-0.39, 0.29) is 17.9 Å². The van der Waals surface area contributed by atoms with E-state index in [1.165, 1.54) is 16.7 Å². The molecule has 0 radical (unpaired) electrons. The summed E-state index contributed by atoms with van der Waals surface area (Å²) in [5, 5.41) is 0. The molecule has 3 aromatic rings. The molecule has 1 aliphatic heterocycles. The van der Waals surface area contributed by atoms with Crippen LogP contribution in [-0.4, -0.2) is 40.4 Å². The molecular formula is C29H32N2S2. The minimum absolute atomic E-state index is 0.125. The van der Waals surface area contributed by atoms with Crippen molar-refractivity contribution in [1.82, 2.24) is 9.80 Å². The van der Waals surface area contributed by atoms with Crippen molar-refractivity contribution >= 4 is 34.4 Å². The number of likely N-dealkylation sites (tertiary alicyclic amines) is 1. The van der Waals surface area contributed by atoms with Crippen molar-refractivity contribution in [2.24, 2.45) is 5.92 Å². The quantitative estimate of drug-likeness (QED) is 0.346. The van der Waals surface area contributed by atoms with Crippen LogP contribution in [0.5, 0.6) is 0 Å². The first-order valence-corrected chi connectivity index (χ1v) is 12.5. The third kappa shape index (κ3) is 5.51. The van der Waals surface area contributed by atoms with Gasteiger partial charge in [-0.1, -0.05) is 115 Å². The van der Waals surface area contributed by atoms with Crippen molar-refractivity contribution < 1.29 is 0 Å². The zero-order chi connectivity index (χ0) is 23.2. The van der Waals surface area contributed by atoms with Crippen LogP contribution < -0.4 is 0 Å². The molecule has 0 bridgehead atoms. The van der Waals surface area contributed by atoms with Crippen molar-refractivity contribution in [3.8, 4) is 0 Å². The Morgan fingerprint density at radius 2 is 1.33 bits per heavy atom. The molecule has 0 unspecified atom stereocenters. The molecule has 0 saturated carbocycles. The maximum Gasteiger partial charge on any atom is 0.0824 e. The number of thiocarbonyl (C=S) groups is 2. The van der Waals surface area contributed by atoms with Gasteiger partial charge < -0.3 is 9.80 Å². The third-order valence-corrected chi connectivity index (χ3v) is 7.73. The predicted molar refractivity (Wildman–Crippen MR) is 147 cm³/mol. The molecule has 0 N–H and O–H groups in total. The van der Waals surface area contributed by atoms with E-state index in [0.717, 1.165) is 35.8 Å². The molecule has 170 valence electrons. The molecule has 1 heterocycles. The van der Waals surface area contributed by atoms with Crippen LogP contribution in [-0.2, 0) is 0 Å². The highest BCUT2D eigenvalue weighted by atomic mass is 32.1. The molecule has 2 atom stereocenters. The minimum atomic E-state index is 0.125. The largest absolute Gasteiger partial charge is 0.372 e. The maximum atomic E-state index is 6.29. The zero-order valence-electron chi connectivity index (χ0n) is 19.4. The van der Waals surface area contributed by atoms with E-state index < -0.39 is 0 Å². The summed E-state index contributed by atoms with van der Waals surface area (Å²) in [7, 11) is 4.08. The second-order valence-electron chi connectivity index (χ2n) is 9.01. The first-order chi connectivity index (χ1) is 16.1.